The number of para-hydroxylation sites is 1. The normalized spacial score (nSPS) is 17.4. The Bertz CT molecular complexity index is 444. The molecule has 2 nitrogen and oxygen atoms in total. The Balaban J connectivity index is 2.16. The number of rotatable bonds is 4. The smallest absolute Gasteiger partial charge is 0.101 e. The fourth-order valence-corrected chi connectivity index (χ4v) is 3.40. The summed E-state index contributed by atoms with van der Waals surface area (Å²) in [6, 6.07) is 10.1. The maximum Gasteiger partial charge on any atom is 0.101 e. The molecule has 1 fully saturated rings. The molecule has 3 heteroatoms. The Morgan fingerprint density at radius 3 is 2.61 bits per heavy atom. The second-order valence-electron chi connectivity index (χ2n) is 5.35. The Morgan fingerprint density at radius 1 is 1.33 bits per heavy atom. The summed E-state index contributed by atoms with van der Waals surface area (Å²) in [4.78, 5) is 2.22. The predicted octanol–water partition coefficient (Wildman–Crippen LogP) is 3.48. The molecule has 0 atom stereocenters. The zero-order valence-corrected chi connectivity index (χ0v) is 11.8. The Hall–Kier alpha value is -1.14. The van der Waals surface area contributed by atoms with Gasteiger partial charge in [-0.1, -0.05) is 25.0 Å². The van der Waals surface area contributed by atoms with Gasteiger partial charge in [0.05, 0.1) is 11.3 Å². The lowest BCUT2D eigenvalue weighted by molar-refractivity contribution is 0.354. The number of hydrogen-bond acceptors (Lipinski definition) is 3. The molecular formula is C15H20N2S. The molecule has 0 heterocycles. The van der Waals surface area contributed by atoms with Gasteiger partial charge in [-0.3, -0.25) is 0 Å². The average Bonchev–Trinajstić information content (AvgIpc) is 2.87. The van der Waals surface area contributed by atoms with E-state index in [9.17, 15) is 0 Å². The van der Waals surface area contributed by atoms with Gasteiger partial charge in [0.15, 0.2) is 0 Å². The first-order valence-corrected chi connectivity index (χ1v) is 7.15. The molecule has 0 aromatic heterocycles. The van der Waals surface area contributed by atoms with E-state index in [2.05, 4.69) is 30.6 Å². The molecule has 1 saturated carbocycles. The van der Waals surface area contributed by atoms with Gasteiger partial charge in [0.1, 0.15) is 6.07 Å². The number of nitriles is 1. The minimum atomic E-state index is 0.334. The minimum absolute atomic E-state index is 0.334. The second kappa shape index (κ2) is 5.67. The lowest BCUT2D eigenvalue weighted by Crippen LogP contribution is -2.35. The van der Waals surface area contributed by atoms with Crippen LogP contribution in [-0.4, -0.2) is 19.3 Å². The SMILES string of the molecule is CN(CC1(CS)CCCC1)c1ccccc1C#N. The van der Waals surface area contributed by atoms with E-state index in [4.69, 9.17) is 5.26 Å². The Kier molecular flexibility index (Phi) is 4.19. The van der Waals surface area contributed by atoms with Crippen molar-refractivity contribution in [2.45, 2.75) is 25.7 Å². The molecule has 0 radical (unpaired) electrons. The van der Waals surface area contributed by atoms with Gasteiger partial charge in [-0.2, -0.15) is 17.9 Å². The number of thiol groups is 1. The highest BCUT2D eigenvalue weighted by Gasteiger charge is 2.33. The van der Waals surface area contributed by atoms with Gasteiger partial charge in [0.2, 0.25) is 0 Å². The first kappa shape index (κ1) is 13.3. The van der Waals surface area contributed by atoms with E-state index in [-0.39, 0.29) is 0 Å². The highest BCUT2D eigenvalue weighted by molar-refractivity contribution is 7.80. The number of hydrogen-bond donors (Lipinski definition) is 1. The van der Waals surface area contributed by atoms with Gasteiger partial charge in [-0.05, 0) is 36.1 Å². The van der Waals surface area contributed by atoms with Crippen LogP contribution in [0.15, 0.2) is 24.3 Å². The zero-order chi connectivity index (χ0) is 13.0. The summed E-state index contributed by atoms with van der Waals surface area (Å²) in [5.74, 6) is 0.937. The third kappa shape index (κ3) is 2.64. The molecule has 96 valence electrons. The van der Waals surface area contributed by atoms with Crippen molar-refractivity contribution in [2.24, 2.45) is 5.41 Å². The van der Waals surface area contributed by atoms with Crippen molar-refractivity contribution in [1.29, 1.82) is 5.26 Å². The summed E-state index contributed by atoms with van der Waals surface area (Å²) in [7, 11) is 2.08. The highest BCUT2D eigenvalue weighted by atomic mass is 32.1. The molecule has 1 aromatic rings. The molecule has 0 aliphatic heterocycles. The molecular weight excluding hydrogens is 240 g/mol. The molecule has 0 amide bonds. The van der Waals surface area contributed by atoms with Crippen LogP contribution in [0.3, 0.4) is 0 Å². The van der Waals surface area contributed by atoms with Gasteiger partial charge >= 0.3 is 0 Å². The largest absolute Gasteiger partial charge is 0.373 e. The summed E-state index contributed by atoms with van der Waals surface area (Å²) in [5, 5.41) is 9.16. The fraction of sp³-hybridized carbons (Fsp3) is 0.533. The van der Waals surface area contributed by atoms with E-state index in [1.165, 1.54) is 25.7 Å². The van der Waals surface area contributed by atoms with E-state index in [1.807, 2.05) is 24.3 Å². The molecule has 0 unspecified atom stereocenters. The fourth-order valence-electron chi connectivity index (χ4n) is 2.98. The van der Waals surface area contributed by atoms with Crippen LogP contribution >= 0.6 is 12.6 Å². The van der Waals surface area contributed by atoms with E-state index < -0.39 is 0 Å². The summed E-state index contributed by atoms with van der Waals surface area (Å²) >= 11 is 4.55. The number of anilines is 1. The number of nitrogens with zero attached hydrogens (tertiary/aromatic N) is 2. The topological polar surface area (TPSA) is 27.0 Å². The quantitative estimate of drug-likeness (QED) is 0.839. The third-order valence-corrected chi connectivity index (χ3v) is 4.68. The Labute approximate surface area is 115 Å². The van der Waals surface area contributed by atoms with E-state index in [0.29, 0.717) is 5.41 Å². The van der Waals surface area contributed by atoms with Gasteiger partial charge in [-0.25, -0.2) is 0 Å². The first-order valence-electron chi connectivity index (χ1n) is 6.52. The maximum atomic E-state index is 9.16. The minimum Gasteiger partial charge on any atom is -0.373 e. The van der Waals surface area contributed by atoms with Gasteiger partial charge in [0, 0.05) is 13.6 Å². The summed E-state index contributed by atoms with van der Waals surface area (Å²) < 4.78 is 0. The molecule has 18 heavy (non-hydrogen) atoms. The highest BCUT2D eigenvalue weighted by Crippen LogP contribution is 2.40. The molecule has 1 aliphatic rings. The van der Waals surface area contributed by atoms with Crippen molar-refractivity contribution in [1.82, 2.24) is 0 Å². The third-order valence-electron chi connectivity index (χ3n) is 4.01. The van der Waals surface area contributed by atoms with Crippen molar-refractivity contribution < 1.29 is 0 Å². The van der Waals surface area contributed by atoms with Crippen LogP contribution in [0.2, 0.25) is 0 Å². The van der Waals surface area contributed by atoms with Crippen LogP contribution in [0.5, 0.6) is 0 Å². The van der Waals surface area contributed by atoms with Gasteiger partial charge in [-0.15, -0.1) is 0 Å². The molecule has 2 rings (SSSR count). The van der Waals surface area contributed by atoms with Crippen LogP contribution in [0, 0.1) is 16.7 Å². The summed E-state index contributed by atoms with van der Waals surface area (Å²) in [6.07, 6.45) is 5.15. The van der Waals surface area contributed by atoms with Crippen molar-refractivity contribution in [3.8, 4) is 6.07 Å². The van der Waals surface area contributed by atoms with Gasteiger partial charge < -0.3 is 4.90 Å². The molecule has 0 bridgehead atoms. The molecule has 0 saturated heterocycles. The summed E-state index contributed by atoms with van der Waals surface area (Å²) in [5.41, 5.74) is 2.13. The van der Waals surface area contributed by atoms with Crippen LogP contribution in [0.4, 0.5) is 5.69 Å². The van der Waals surface area contributed by atoms with Crippen molar-refractivity contribution >= 4 is 18.3 Å². The van der Waals surface area contributed by atoms with E-state index >= 15 is 0 Å². The Morgan fingerprint density at radius 2 is 2.00 bits per heavy atom. The van der Waals surface area contributed by atoms with Crippen molar-refractivity contribution in [2.75, 3.05) is 24.2 Å². The van der Waals surface area contributed by atoms with Crippen LogP contribution in [-0.2, 0) is 0 Å². The van der Waals surface area contributed by atoms with Crippen molar-refractivity contribution in [3.63, 3.8) is 0 Å². The summed E-state index contributed by atoms with van der Waals surface area (Å²) in [6.45, 7) is 0.995. The standard InChI is InChI=1S/C15H20N2S/c1-17(11-15(12-18)8-4-5-9-15)14-7-3-2-6-13(14)10-16/h2-3,6-7,18H,4-5,8-9,11-12H2,1H3. The van der Waals surface area contributed by atoms with E-state index in [0.717, 1.165) is 23.5 Å². The molecule has 0 N–H and O–H groups in total. The molecule has 0 spiro atoms. The monoisotopic (exact) mass is 260 g/mol. The van der Waals surface area contributed by atoms with E-state index in [1.54, 1.807) is 0 Å². The lowest BCUT2D eigenvalue weighted by Gasteiger charge is -2.33. The molecule has 1 aliphatic carbocycles. The number of benzene rings is 1. The van der Waals surface area contributed by atoms with Crippen LogP contribution in [0.25, 0.3) is 0 Å². The van der Waals surface area contributed by atoms with Gasteiger partial charge in [0.25, 0.3) is 0 Å². The predicted molar refractivity (Wildman–Crippen MR) is 79.2 cm³/mol. The van der Waals surface area contributed by atoms with Crippen LogP contribution < -0.4 is 4.90 Å². The maximum absolute atomic E-state index is 9.16. The van der Waals surface area contributed by atoms with Crippen molar-refractivity contribution in [3.05, 3.63) is 29.8 Å². The zero-order valence-electron chi connectivity index (χ0n) is 10.9. The second-order valence-corrected chi connectivity index (χ2v) is 5.67. The average molecular weight is 260 g/mol. The van der Waals surface area contributed by atoms with Crippen LogP contribution in [0.1, 0.15) is 31.2 Å². The first-order chi connectivity index (χ1) is 8.71. The molecule has 1 aromatic carbocycles. The lowest BCUT2D eigenvalue weighted by atomic mass is 9.87.